The van der Waals surface area contributed by atoms with Crippen LogP contribution in [0.3, 0.4) is 0 Å². The van der Waals surface area contributed by atoms with E-state index in [1.54, 1.807) is 0 Å². The number of rotatable bonds is 6. The van der Waals surface area contributed by atoms with Gasteiger partial charge < -0.3 is 10.7 Å². The summed E-state index contributed by atoms with van der Waals surface area (Å²) in [5.74, 6) is 0.0993. The van der Waals surface area contributed by atoms with E-state index in [1.165, 1.54) is 12.6 Å². The van der Waals surface area contributed by atoms with E-state index >= 15 is 0 Å². The highest BCUT2D eigenvalue weighted by Gasteiger charge is 2.10. The predicted octanol–water partition coefficient (Wildman–Crippen LogP) is 1.57. The molecule has 7 heteroatoms. The summed E-state index contributed by atoms with van der Waals surface area (Å²) >= 11 is 0. The Morgan fingerprint density at radius 1 is 1.38 bits per heavy atom. The molecule has 0 aliphatic rings. The number of aromatic nitrogens is 1. The molecule has 0 bridgehead atoms. The first-order chi connectivity index (χ1) is 9.41. The molecule has 2 aromatic rings. The highest BCUT2D eigenvalue weighted by molar-refractivity contribution is 7.89. The smallest absolute Gasteiger partial charge is 0.211 e. The van der Waals surface area contributed by atoms with E-state index in [4.69, 9.17) is 5.73 Å². The van der Waals surface area contributed by atoms with Gasteiger partial charge in [-0.2, -0.15) is 0 Å². The largest absolute Gasteiger partial charge is 0.361 e. The average Bonchev–Trinajstić information content (AvgIpc) is 2.79. The number of H-pyrrole nitrogens is 1. The van der Waals surface area contributed by atoms with E-state index in [0.29, 0.717) is 6.42 Å². The minimum atomic E-state index is -3.16. The number of hydrogen-bond donors (Lipinski definition) is 3. The predicted molar refractivity (Wildman–Crippen MR) is 89.5 cm³/mol. The van der Waals surface area contributed by atoms with Crippen LogP contribution >= 0.6 is 12.4 Å². The number of nitrogens with one attached hydrogen (secondary N) is 2. The number of benzene rings is 1. The van der Waals surface area contributed by atoms with Crippen molar-refractivity contribution in [3.05, 3.63) is 35.5 Å². The van der Waals surface area contributed by atoms with Crippen LogP contribution in [0.2, 0.25) is 0 Å². The topological polar surface area (TPSA) is 88.0 Å². The first-order valence-corrected chi connectivity index (χ1v) is 8.32. The van der Waals surface area contributed by atoms with Crippen molar-refractivity contribution in [2.24, 2.45) is 5.73 Å². The van der Waals surface area contributed by atoms with Crippen LogP contribution in [0.25, 0.3) is 10.9 Å². The summed E-state index contributed by atoms with van der Waals surface area (Å²) in [6.45, 7) is 1.97. The van der Waals surface area contributed by atoms with Gasteiger partial charge in [-0.25, -0.2) is 13.1 Å². The lowest BCUT2D eigenvalue weighted by Crippen LogP contribution is -2.23. The average molecular weight is 332 g/mol. The third-order valence-corrected chi connectivity index (χ3v) is 4.71. The molecule has 2 rings (SSSR count). The molecule has 21 heavy (non-hydrogen) atoms. The zero-order valence-electron chi connectivity index (χ0n) is 12.2. The minimum absolute atomic E-state index is 0. The molecule has 0 fully saturated rings. The number of fused-ring (bicyclic) bond motifs is 1. The lowest BCUT2D eigenvalue weighted by atomic mass is 10.0. The molecule has 0 amide bonds. The number of halogens is 1. The van der Waals surface area contributed by atoms with Crippen LogP contribution in [0.5, 0.6) is 0 Å². The summed E-state index contributed by atoms with van der Waals surface area (Å²) < 4.78 is 25.3. The molecule has 0 saturated carbocycles. The van der Waals surface area contributed by atoms with Crippen LogP contribution < -0.4 is 10.5 Å². The molecule has 118 valence electrons. The number of sulfonamides is 1. The Morgan fingerprint density at radius 3 is 2.71 bits per heavy atom. The Hall–Kier alpha value is -1.08. The minimum Gasteiger partial charge on any atom is -0.361 e. The summed E-state index contributed by atoms with van der Waals surface area (Å²) in [7, 11) is -1.73. The fourth-order valence-corrected chi connectivity index (χ4v) is 2.96. The molecule has 1 atom stereocenters. The fraction of sp³-hybridized carbons (Fsp3) is 0.429. The Kier molecular flexibility index (Phi) is 6.22. The quantitative estimate of drug-likeness (QED) is 0.750. The maximum absolute atomic E-state index is 11.5. The summed E-state index contributed by atoms with van der Waals surface area (Å²) in [6, 6.07) is 6.10. The SMILES string of the molecule is CNS(=O)(=O)CCc1ccc2[nH]cc(CC(C)N)c2c1.Cl. The summed E-state index contributed by atoms with van der Waals surface area (Å²) in [6.07, 6.45) is 3.28. The van der Waals surface area contributed by atoms with Gasteiger partial charge in [0.1, 0.15) is 0 Å². The first kappa shape index (κ1) is 18.0. The monoisotopic (exact) mass is 331 g/mol. The van der Waals surface area contributed by atoms with E-state index in [1.807, 2.05) is 25.3 Å². The maximum atomic E-state index is 11.5. The molecule has 0 radical (unpaired) electrons. The Labute approximate surface area is 131 Å². The first-order valence-electron chi connectivity index (χ1n) is 6.67. The van der Waals surface area contributed by atoms with E-state index in [0.717, 1.165) is 22.9 Å². The van der Waals surface area contributed by atoms with Gasteiger partial charge in [0, 0.05) is 23.1 Å². The van der Waals surface area contributed by atoms with Crippen molar-refractivity contribution >= 4 is 33.3 Å². The van der Waals surface area contributed by atoms with Gasteiger partial charge >= 0.3 is 0 Å². The van der Waals surface area contributed by atoms with Crippen molar-refractivity contribution < 1.29 is 8.42 Å². The second kappa shape index (κ2) is 7.26. The van der Waals surface area contributed by atoms with Crippen LogP contribution in [0.4, 0.5) is 0 Å². The third-order valence-electron chi connectivity index (χ3n) is 3.34. The maximum Gasteiger partial charge on any atom is 0.211 e. The van der Waals surface area contributed by atoms with Crippen LogP contribution in [0.1, 0.15) is 18.1 Å². The molecule has 4 N–H and O–H groups in total. The van der Waals surface area contributed by atoms with Gasteiger partial charge in [-0.3, -0.25) is 0 Å². The van der Waals surface area contributed by atoms with Crippen molar-refractivity contribution in [1.29, 1.82) is 0 Å². The second-order valence-corrected chi connectivity index (χ2v) is 7.19. The van der Waals surface area contributed by atoms with Gasteiger partial charge in [0.15, 0.2) is 0 Å². The lowest BCUT2D eigenvalue weighted by Gasteiger charge is -2.06. The molecule has 1 heterocycles. The highest BCUT2D eigenvalue weighted by Crippen LogP contribution is 2.21. The molecule has 5 nitrogen and oxygen atoms in total. The van der Waals surface area contributed by atoms with E-state index < -0.39 is 10.0 Å². The normalized spacial score (nSPS) is 13.1. The van der Waals surface area contributed by atoms with E-state index in [-0.39, 0.29) is 24.2 Å². The Morgan fingerprint density at radius 2 is 2.10 bits per heavy atom. The molecule has 0 aliphatic carbocycles. The van der Waals surface area contributed by atoms with E-state index in [2.05, 4.69) is 15.8 Å². The standard InChI is InChI=1S/C14H21N3O2S.ClH/c1-10(15)7-12-9-17-14-4-3-11(8-13(12)14)5-6-20(18,19)16-2;/h3-4,8-10,16-17H,5-7,15H2,1-2H3;1H. The van der Waals surface area contributed by atoms with Crippen LogP contribution in [-0.2, 0) is 22.9 Å². The second-order valence-electron chi connectivity index (χ2n) is 5.15. The van der Waals surface area contributed by atoms with Gasteiger partial charge in [0.2, 0.25) is 10.0 Å². The number of hydrogen-bond acceptors (Lipinski definition) is 3. The fourth-order valence-electron chi connectivity index (χ4n) is 2.25. The third kappa shape index (κ3) is 4.71. The number of aromatic amines is 1. The molecule has 1 aromatic carbocycles. The summed E-state index contributed by atoms with van der Waals surface area (Å²) in [5, 5.41) is 1.13. The summed E-state index contributed by atoms with van der Waals surface area (Å²) in [4.78, 5) is 3.22. The lowest BCUT2D eigenvalue weighted by molar-refractivity contribution is 0.587. The molecular formula is C14H22ClN3O2S. The summed E-state index contributed by atoms with van der Waals surface area (Å²) in [5.41, 5.74) is 9.09. The molecule has 0 saturated heterocycles. The van der Waals surface area contributed by atoms with E-state index in [9.17, 15) is 8.42 Å². The van der Waals surface area contributed by atoms with Gasteiger partial charge in [0.05, 0.1) is 5.75 Å². The van der Waals surface area contributed by atoms with Crippen LogP contribution in [-0.4, -0.2) is 32.2 Å². The highest BCUT2D eigenvalue weighted by atomic mass is 35.5. The van der Waals surface area contributed by atoms with Crippen LogP contribution in [0.15, 0.2) is 24.4 Å². The molecule has 1 aromatic heterocycles. The van der Waals surface area contributed by atoms with Gasteiger partial charge in [-0.15, -0.1) is 12.4 Å². The van der Waals surface area contributed by atoms with Crippen molar-refractivity contribution in [3.8, 4) is 0 Å². The Bertz CT molecular complexity index is 695. The van der Waals surface area contributed by atoms with Crippen molar-refractivity contribution in [2.45, 2.75) is 25.8 Å². The van der Waals surface area contributed by atoms with Crippen LogP contribution in [0, 0.1) is 0 Å². The number of nitrogens with two attached hydrogens (primary N) is 1. The van der Waals surface area contributed by atoms with Gasteiger partial charge in [-0.05, 0) is 50.1 Å². The molecule has 1 unspecified atom stereocenters. The van der Waals surface area contributed by atoms with Crippen molar-refractivity contribution in [1.82, 2.24) is 9.71 Å². The zero-order valence-corrected chi connectivity index (χ0v) is 13.9. The molecule has 0 spiro atoms. The van der Waals surface area contributed by atoms with Gasteiger partial charge in [-0.1, -0.05) is 6.07 Å². The van der Waals surface area contributed by atoms with Gasteiger partial charge in [0.25, 0.3) is 0 Å². The molecular weight excluding hydrogens is 310 g/mol. The van der Waals surface area contributed by atoms with Crippen molar-refractivity contribution in [3.63, 3.8) is 0 Å². The zero-order chi connectivity index (χ0) is 14.8. The Balaban J connectivity index is 0.00000220. The van der Waals surface area contributed by atoms with Crippen molar-refractivity contribution in [2.75, 3.05) is 12.8 Å². The number of aryl methyl sites for hydroxylation is 1. The molecule has 0 aliphatic heterocycles.